The molecule has 1 unspecified atom stereocenters. The fraction of sp³-hybridized carbons (Fsp3) is 0.583. The Balaban J connectivity index is 2.67. The normalized spacial score (nSPS) is 13.7. The van der Waals surface area contributed by atoms with Crippen LogP contribution in [0.15, 0.2) is 24.5 Å². The number of pyridine rings is 1. The van der Waals surface area contributed by atoms with E-state index < -0.39 is 0 Å². The highest BCUT2D eigenvalue weighted by Crippen LogP contribution is 2.24. The van der Waals surface area contributed by atoms with Gasteiger partial charge in [-0.25, -0.2) is 0 Å². The molecule has 0 fully saturated rings. The largest absolute Gasteiger partial charge is 0.381 e. The van der Waals surface area contributed by atoms with E-state index in [0.717, 1.165) is 12.1 Å². The van der Waals surface area contributed by atoms with E-state index in [9.17, 15) is 0 Å². The van der Waals surface area contributed by atoms with Gasteiger partial charge in [0, 0.05) is 18.4 Å². The van der Waals surface area contributed by atoms with Crippen molar-refractivity contribution in [3.8, 4) is 0 Å². The first-order valence-corrected chi connectivity index (χ1v) is 5.20. The maximum Gasteiger partial charge on any atom is 0.0529 e. The van der Waals surface area contributed by atoms with E-state index in [1.54, 1.807) is 6.20 Å². The van der Waals surface area contributed by atoms with Crippen LogP contribution in [-0.4, -0.2) is 11.0 Å². The average Bonchev–Trinajstić information content (AvgIpc) is 2.14. The number of nitrogens with zero attached hydrogens (tertiary/aromatic N) is 1. The minimum absolute atomic E-state index is 0.282. The molecule has 2 heteroatoms. The molecule has 0 aliphatic carbocycles. The third kappa shape index (κ3) is 3.02. The summed E-state index contributed by atoms with van der Waals surface area (Å²) in [4.78, 5) is 4.09. The van der Waals surface area contributed by atoms with Gasteiger partial charge in [0.15, 0.2) is 0 Å². The molecule has 2 nitrogen and oxygen atoms in total. The van der Waals surface area contributed by atoms with Crippen molar-refractivity contribution in [3.63, 3.8) is 0 Å². The Morgan fingerprint density at radius 1 is 1.43 bits per heavy atom. The smallest absolute Gasteiger partial charge is 0.0529 e. The predicted molar refractivity (Wildman–Crippen MR) is 61.4 cm³/mol. The molecule has 0 aliphatic rings. The number of aromatic nitrogens is 1. The zero-order valence-electron chi connectivity index (χ0n) is 9.54. The average molecular weight is 192 g/mol. The van der Waals surface area contributed by atoms with Crippen molar-refractivity contribution in [1.82, 2.24) is 4.98 Å². The zero-order valence-corrected chi connectivity index (χ0v) is 9.54. The molecule has 0 aliphatic heterocycles. The third-order valence-corrected chi connectivity index (χ3v) is 2.46. The van der Waals surface area contributed by atoms with Crippen molar-refractivity contribution in [2.75, 3.05) is 5.32 Å². The number of anilines is 1. The second-order valence-electron chi connectivity index (χ2n) is 4.71. The summed E-state index contributed by atoms with van der Waals surface area (Å²) in [7, 11) is 0. The first-order chi connectivity index (χ1) is 6.54. The van der Waals surface area contributed by atoms with Crippen LogP contribution in [0.2, 0.25) is 0 Å². The van der Waals surface area contributed by atoms with E-state index in [4.69, 9.17) is 0 Å². The van der Waals surface area contributed by atoms with Crippen LogP contribution in [0.5, 0.6) is 0 Å². The molecule has 0 aromatic carbocycles. The first-order valence-electron chi connectivity index (χ1n) is 5.20. The monoisotopic (exact) mass is 192 g/mol. The lowest BCUT2D eigenvalue weighted by molar-refractivity contribution is 0.333. The summed E-state index contributed by atoms with van der Waals surface area (Å²) < 4.78 is 0. The van der Waals surface area contributed by atoms with Crippen LogP contribution in [0.25, 0.3) is 0 Å². The summed E-state index contributed by atoms with van der Waals surface area (Å²) in [6.07, 6.45) is 4.79. The lowest BCUT2D eigenvalue weighted by Gasteiger charge is -2.31. The number of rotatable bonds is 3. The number of hydrogen-bond acceptors (Lipinski definition) is 2. The van der Waals surface area contributed by atoms with Gasteiger partial charge >= 0.3 is 0 Å². The quantitative estimate of drug-likeness (QED) is 0.794. The van der Waals surface area contributed by atoms with Gasteiger partial charge in [-0.05, 0) is 24.0 Å². The summed E-state index contributed by atoms with van der Waals surface area (Å²) in [5.74, 6) is 0. The molecular weight excluding hydrogens is 172 g/mol. The molecule has 0 saturated carbocycles. The van der Waals surface area contributed by atoms with Crippen LogP contribution >= 0.6 is 0 Å². The van der Waals surface area contributed by atoms with Crippen LogP contribution in [0.1, 0.15) is 34.1 Å². The minimum Gasteiger partial charge on any atom is -0.381 e. The predicted octanol–water partition coefficient (Wildman–Crippen LogP) is 3.32. The maximum atomic E-state index is 4.09. The highest BCUT2D eigenvalue weighted by atomic mass is 14.9. The van der Waals surface area contributed by atoms with Gasteiger partial charge in [-0.15, -0.1) is 0 Å². The Hall–Kier alpha value is -1.05. The van der Waals surface area contributed by atoms with Crippen molar-refractivity contribution in [1.29, 1.82) is 0 Å². The van der Waals surface area contributed by atoms with Gasteiger partial charge in [0.05, 0.1) is 5.69 Å². The number of nitrogens with one attached hydrogen (secondary N) is 1. The van der Waals surface area contributed by atoms with Crippen LogP contribution in [0, 0.1) is 5.41 Å². The molecule has 1 rings (SSSR count). The third-order valence-electron chi connectivity index (χ3n) is 2.46. The lowest BCUT2D eigenvalue weighted by atomic mass is 9.85. The van der Waals surface area contributed by atoms with E-state index in [-0.39, 0.29) is 5.41 Å². The maximum absolute atomic E-state index is 4.09. The topological polar surface area (TPSA) is 24.9 Å². The van der Waals surface area contributed by atoms with Crippen LogP contribution in [-0.2, 0) is 0 Å². The van der Waals surface area contributed by atoms with Gasteiger partial charge in [-0.1, -0.05) is 27.7 Å². The van der Waals surface area contributed by atoms with Crippen molar-refractivity contribution in [2.24, 2.45) is 5.41 Å². The summed E-state index contributed by atoms with van der Waals surface area (Å²) in [5.41, 5.74) is 1.39. The van der Waals surface area contributed by atoms with Crippen molar-refractivity contribution >= 4 is 5.69 Å². The molecule has 1 heterocycles. The van der Waals surface area contributed by atoms with Crippen LogP contribution in [0.3, 0.4) is 0 Å². The molecule has 0 bridgehead atoms. The Labute approximate surface area is 86.8 Å². The second-order valence-corrected chi connectivity index (χ2v) is 4.71. The van der Waals surface area contributed by atoms with E-state index in [1.807, 2.05) is 12.3 Å². The van der Waals surface area contributed by atoms with E-state index in [1.165, 1.54) is 0 Å². The lowest BCUT2D eigenvalue weighted by Crippen LogP contribution is -2.33. The summed E-state index contributed by atoms with van der Waals surface area (Å²) >= 11 is 0. The Bertz CT molecular complexity index is 261. The molecule has 14 heavy (non-hydrogen) atoms. The summed E-state index contributed by atoms with van der Waals surface area (Å²) in [6, 6.07) is 4.51. The zero-order chi connectivity index (χ0) is 10.6. The van der Waals surface area contributed by atoms with E-state index >= 15 is 0 Å². The molecule has 1 aromatic heterocycles. The SMILES string of the molecule is CCC(Nc1cccnc1)C(C)(C)C. The van der Waals surface area contributed by atoms with Crippen LogP contribution in [0.4, 0.5) is 5.69 Å². The molecule has 0 saturated heterocycles. The van der Waals surface area contributed by atoms with Gasteiger partial charge in [0.1, 0.15) is 0 Å². The van der Waals surface area contributed by atoms with Gasteiger partial charge in [0.25, 0.3) is 0 Å². The fourth-order valence-corrected chi connectivity index (χ4v) is 1.58. The van der Waals surface area contributed by atoms with Gasteiger partial charge < -0.3 is 5.32 Å². The number of hydrogen-bond donors (Lipinski definition) is 1. The van der Waals surface area contributed by atoms with Crippen molar-refractivity contribution in [2.45, 2.75) is 40.2 Å². The molecule has 0 radical (unpaired) electrons. The Kier molecular flexibility index (Phi) is 3.50. The highest BCUT2D eigenvalue weighted by molar-refractivity contribution is 5.41. The second kappa shape index (κ2) is 4.45. The fourth-order valence-electron chi connectivity index (χ4n) is 1.58. The molecule has 1 N–H and O–H groups in total. The standard InChI is InChI=1S/C12H20N2/c1-5-11(12(2,3)4)14-10-7-6-8-13-9-10/h6-9,11,14H,5H2,1-4H3. The van der Waals surface area contributed by atoms with E-state index in [0.29, 0.717) is 6.04 Å². The van der Waals surface area contributed by atoms with Crippen LogP contribution < -0.4 is 5.32 Å². The molecular formula is C12H20N2. The van der Waals surface area contributed by atoms with Crippen molar-refractivity contribution in [3.05, 3.63) is 24.5 Å². The van der Waals surface area contributed by atoms with Crippen molar-refractivity contribution < 1.29 is 0 Å². The van der Waals surface area contributed by atoms with Gasteiger partial charge in [0.2, 0.25) is 0 Å². The minimum atomic E-state index is 0.282. The first kappa shape index (κ1) is 11.0. The van der Waals surface area contributed by atoms with Gasteiger partial charge in [-0.2, -0.15) is 0 Å². The molecule has 0 amide bonds. The molecule has 0 spiro atoms. The Morgan fingerprint density at radius 2 is 2.14 bits per heavy atom. The summed E-state index contributed by atoms with van der Waals surface area (Å²) in [6.45, 7) is 8.97. The van der Waals surface area contributed by atoms with E-state index in [2.05, 4.69) is 44.1 Å². The van der Waals surface area contributed by atoms with Gasteiger partial charge in [-0.3, -0.25) is 4.98 Å². The molecule has 1 atom stereocenters. The summed E-state index contributed by atoms with van der Waals surface area (Å²) in [5, 5.41) is 3.51. The molecule has 1 aromatic rings. The highest BCUT2D eigenvalue weighted by Gasteiger charge is 2.22. The Morgan fingerprint density at radius 3 is 2.57 bits per heavy atom. The molecule has 78 valence electrons.